The third kappa shape index (κ3) is 6.79. The summed E-state index contributed by atoms with van der Waals surface area (Å²) in [7, 11) is 0. The van der Waals surface area contributed by atoms with E-state index in [4.69, 9.17) is 8.83 Å². The maximum atomic E-state index is 6.87. The minimum Gasteiger partial charge on any atom is -0.454 e. The number of anilines is 9. The molecule has 0 atom stereocenters. The third-order valence-electron chi connectivity index (χ3n) is 15.0. The fourth-order valence-electron chi connectivity index (χ4n) is 11.7. The van der Waals surface area contributed by atoms with Crippen LogP contribution in [-0.2, 0) is 0 Å². The molecule has 14 aromatic rings. The lowest BCUT2D eigenvalue weighted by molar-refractivity contribution is 0.668. The first-order valence-corrected chi connectivity index (χ1v) is 25.5. The van der Waals surface area contributed by atoms with Crippen molar-refractivity contribution in [2.75, 3.05) is 14.7 Å². The molecule has 0 N–H and O–H groups in total. The van der Waals surface area contributed by atoms with Crippen LogP contribution in [0.4, 0.5) is 51.2 Å². The van der Waals surface area contributed by atoms with Gasteiger partial charge in [-0.1, -0.05) is 200 Å². The van der Waals surface area contributed by atoms with E-state index in [-0.39, 0.29) is 0 Å². The van der Waals surface area contributed by atoms with Gasteiger partial charge in [0.2, 0.25) is 0 Å². The number of nitrogens with zero attached hydrogens (tertiary/aromatic N) is 3. The second-order valence-electron chi connectivity index (χ2n) is 19.1. The standard InChI is InChI=1S/C70H45N3O2/c1-4-21-46(22-5-1)50-27-10-14-34-59(50)72(63-37-18-31-56-53-29-12-16-39-66(53)74-69(56)63)49-41-42-52-55-43-44-61(58-33-20-36-62(68(55)58)71(65(52)45-49)48-25-8-3-9-26-48)73(60-35-15-11-28-51(60)47-23-6-2-7-24-47)64-38-19-32-57-54-30-13-17-40-67(54)75-70(57)64/h1-45H. The molecule has 0 unspecified atom stereocenters. The van der Waals surface area contributed by atoms with E-state index in [0.29, 0.717) is 0 Å². The maximum Gasteiger partial charge on any atom is 0.159 e. The van der Waals surface area contributed by atoms with Crippen molar-refractivity contribution < 1.29 is 8.83 Å². The monoisotopic (exact) mass is 959 g/mol. The molecule has 2 aromatic heterocycles. The number of fused-ring (bicyclic) bond motifs is 8. The highest BCUT2D eigenvalue weighted by Crippen LogP contribution is 2.57. The molecular formula is C70H45N3O2. The molecule has 0 saturated carbocycles. The first-order chi connectivity index (χ1) is 37.2. The van der Waals surface area contributed by atoms with Crippen molar-refractivity contribution in [3.8, 4) is 33.4 Å². The molecule has 5 nitrogen and oxygen atoms in total. The Morgan fingerprint density at radius 2 is 0.747 bits per heavy atom. The van der Waals surface area contributed by atoms with Gasteiger partial charge in [-0.15, -0.1) is 0 Å². The number of hydrogen-bond acceptors (Lipinski definition) is 5. The number of para-hydroxylation sites is 7. The lowest BCUT2D eigenvalue weighted by atomic mass is 9.89. The van der Waals surface area contributed by atoms with Gasteiger partial charge in [0.25, 0.3) is 0 Å². The SMILES string of the molecule is c1ccc(-c2ccccc2N(c2ccc3c(c2)N(c2ccccc2)c2cccc4c(N(c5ccccc5-c5ccccc5)c5cccc6c5oc5ccccc56)ccc-3c24)c2cccc3c2oc2ccccc23)cc1. The van der Waals surface area contributed by atoms with Crippen molar-refractivity contribution in [3.63, 3.8) is 0 Å². The molecule has 0 saturated heterocycles. The molecule has 12 aromatic carbocycles. The van der Waals surface area contributed by atoms with Crippen molar-refractivity contribution in [1.29, 1.82) is 0 Å². The molecule has 0 aliphatic carbocycles. The smallest absolute Gasteiger partial charge is 0.159 e. The molecule has 352 valence electrons. The van der Waals surface area contributed by atoms with E-state index in [9.17, 15) is 0 Å². The van der Waals surface area contributed by atoms with Crippen LogP contribution < -0.4 is 14.7 Å². The molecular weight excluding hydrogens is 915 g/mol. The van der Waals surface area contributed by atoms with Crippen LogP contribution in [0.1, 0.15) is 0 Å². The molecule has 75 heavy (non-hydrogen) atoms. The zero-order valence-electron chi connectivity index (χ0n) is 40.6. The lowest BCUT2D eigenvalue weighted by Crippen LogP contribution is -2.18. The number of rotatable bonds is 9. The molecule has 1 aliphatic rings. The summed E-state index contributed by atoms with van der Waals surface area (Å²) >= 11 is 0. The second-order valence-corrected chi connectivity index (χ2v) is 19.1. The summed E-state index contributed by atoms with van der Waals surface area (Å²) < 4.78 is 13.7. The Bertz CT molecular complexity index is 4500. The fourth-order valence-corrected chi connectivity index (χ4v) is 11.7. The minimum atomic E-state index is 0.832. The zero-order valence-corrected chi connectivity index (χ0v) is 40.6. The normalized spacial score (nSPS) is 12.0. The first-order valence-electron chi connectivity index (χ1n) is 25.5. The van der Waals surface area contributed by atoms with Crippen LogP contribution in [-0.4, -0.2) is 0 Å². The Morgan fingerprint density at radius 1 is 0.280 bits per heavy atom. The molecule has 0 bridgehead atoms. The Hall–Kier alpha value is -10.1. The highest BCUT2D eigenvalue weighted by atomic mass is 16.3. The molecule has 1 aliphatic heterocycles. The summed E-state index contributed by atoms with van der Waals surface area (Å²) in [6.45, 7) is 0. The minimum absolute atomic E-state index is 0.832. The maximum absolute atomic E-state index is 6.87. The Kier molecular flexibility index (Phi) is 9.82. The van der Waals surface area contributed by atoms with Crippen LogP contribution in [0, 0.1) is 0 Å². The van der Waals surface area contributed by atoms with E-state index in [1.54, 1.807) is 0 Å². The summed E-state index contributed by atoms with van der Waals surface area (Å²) in [5.41, 5.74) is 19.5. The van der Waals surface area contributed by atoms with E-state index < -0.39 is 0 Å². The number of furan rings is 2. The summed E-state index contributed by atoms with van der Waals surface area (Å²) in [5, 5.41) is 6.61. The third-order valence-corrected chi connectivity index (χ3v) is 15.0. The fraction of sp³-hybridized carbons (Fsp3) is 0. The van der Waals surface area contributed by atoms with E-state index in [2.05, 4.69) is 276 Å². The Balaban J connectivity index is 0.986. The topological polar surface area (TPSA) is 36.0 Å². The predicted octanol–water partition coefficient (Wildman–Crippen LogP) is 20.4. The van der Waals surface area contributed by atoms with Crippen molar-refractivity contribution in [2.24, 2.45) is 0 Å². The molecule has 0 amide bonds. The first kappa shape index (κ1) is 42.6. The van der Waals surface area contributed by atoms with Crippen LogP contribution in [0.15, 0.2) is 282 Å². The zero-order chi connectivity index (χ0) is 49.4. The quantitative estimate of drug-likeness (QED) is 0.144. The highest BCUT2D eigenvalue weighted by Gasteiger charge is 2.32. The van der Waals surface area contributed by atoms with Gasteiger partial charge in [0.1, 0.15) is 11.2 Å². The average Bonchev–Trinajstić information content (AvgIpc) is 4.11. The summed E-state index contributed by atoms with van der Waals surface area (Å²) in [6, 6.07) is 97.6. The summed E-state index contributed by atoms with van der Waals surface area (Å²) in [4.78, 5) is 7.25. The van der Waals surface area contributed by atoms with Crippen molar-refractivity contribution in [2.45, 2.75) is 0 Å². The Labute approximate surface area is 433 Å². The molecule has 5 heteroatoms. The van der Waals surface area contributed by atoms with E-state index in [1.165, 1.54) is 0 Å². The van der Waals surface area contributed by atoms with Gasteiger partial charge >= 0.3 is 0 Å². The van der Waals surface area contributed by atoms with Crippen molar-refractivity contribution in [3.05, 3.63) is 273 Å². The van der Waals surface area contributed by atoms with Gasteiger partial charge in [-0.25, -0.2) is 0 Å². The van der Waals surface area contributed by atoms with Gasteiger partial charge < -0.3 is 23.5 Å². The van der Waals surface area contributed by atoms with Gasteiger partial charge in [-0.05, 0) is 89.5 Å². The summed E-state index contributed by atoms with van der Waals surface area (Å²) in [6.07, 6.45) is 0. The molecule has 3 heterocycles. The number of hydrogen-bond donors (Lipinski definition) is 0. The van der Waals surface area contributed by atoms with E-state index in [0.717, 1.165) is 139 Å². The van der Waals surface area contributed by atoms with Crippen LogP contribution in [0.5, 0.6) is 0 Å². The predicted molar refractivity (Wildman–Crippen MR) is 312 cm³/mol. The largest absolute Gasteiger partial charge is 0.454 e. The molecule has 0 spiro atoms. The average molecular weight is 960 g/mol. The summed E-state index contributed by atoms with van der Waals surface area (Å²) in [5.74, 6) is 0. The second kappa shape index (κ2) is 17.3. The van der Waals surface area contributed by atoms with Crippen LogP contribution in [0.25, 0.3) is 88.0 Å². The van der Waals surface area contributed by atoms with Gasteiger partial charge in [0.05, 0.1) is 39.8 Å². The van der Waals surface area contributed by atoms with E-state index >= 15 is 0 Å². The van der Waals surface area contributed by atoms with Crippen LogP contribution in [0.3, 0.4) is 0 Å². The lowest BCUT2D eigenvalue weighted by Gasteiger charge is -2.36. The van der Waals surface area contributed by atoms with Gasteiger partial charge in [-0.2, -0.15) is 0 Å². The highest BCUT2D eigenvalue weighted by molar-refractivity contribution is 6.20. The molecule has 15 rings (SSSR count). The Morgan fingerprint density at radius 3 is 1.37 bits per heavy atom. The van der Waals surface area contributed by atoms with Crippen LogP contribution >= 0.6 is 0 Å². The van der Waals surface area contributed by atoms with Gasteiger partial charge in [-0.3, -0.25) is 0 Å². The van der Waals surface area contributed by atoms with Crippen LogP contribution in [0.2, 0.25) is 0 Å². The number of benzene rings is 12. The van der Waals surface area contributed by atoms with E-state index in [1.807, 2.05) is 12.1 Å². The van der Waals surface area contributed by atoms with Crippen molar-refractivity contribution >= 4 is 106 Å². The van der Waals surface area contributed by atoms with Crippen molar-refractivity contribution in [1.82, 2.24) is 0 Å². The molecule has 0 radical (unpaired) electrons. The van der Waals surface area contributed by atoms with Gasteiger partial charge in [0, 0.05) is 60.4 Å². The molecule has 0 fully saturated rings. The van der Waals surface area contributed by atoms with Gasteiger partial charge in [0.15, 0.2) is 11.2 Å².